The second-order valence-electron chi connectivity index (χ2n) is 5.03. The monoisotopic (exact) mass is 251 g/mol. The summed E-state index contributed by atoms with van der Waals surface area (Å²) in [4.78, 5) is 2.48. The lowest BCUT2D eigenvalue weighted by Crippen LogP contribution is -2.40. The Balaban J connectivity index is 1.55. The highest BCUT2D eigenvalue weighted by Gasteiger charge is 2.26. The van der Waals surface area contributed by atoms with E-state index < -0.39 is 0 Å². The fraction of sp³-hybridized carbons (Fsp3) is 0.571. The number of rotatable bonds is 2. The summed E-state index contributed by atoms with van der Waals surface area (Å²) in [6.45, 7) is 3.27. The highest BCUT2D eigenvalue weighted by molar-refractivity contribution is 6.20. The first kappa shape index (κ1) is 11.4. The van der Waals surface area contributed by atoms with Crippen LogP contribution in [0.5, 0.6) is 5.75 Å². The van der Waals surface area contributed by atoms with Gasteiger partial charge in [-0.2, -0.15) is 0 Å². The quantitative estimate of drug-likeness (QED) is 0.750. The third-order valence-electron chi connectivity index (χ3n) is 3.69. The number of nitrogens with zero attached hydrogens (tertiary/aromatic N) is 1. The Morgan fingerprint density at radius 2 is 2.00 bits per heavy atom. The third kappa shape index (κ3) is 2.58. The first-order chi connectivity index (χ1) is 8.31. The Bertz CT molecular complexity index is 363. The van der Waals surface area contributed by atoms with Crippen molar-refractivity contribution in [2.45, 2.75) is 30.7 Å². The van der Waals surface area contributed by atoms with Gasteiger partial charge in [-0.3, -0.25) is 4.90 Å². The first-order valence-corrected chi connectivity index (χ1v) is 6.86. The number of benzene rings is 1. The van der Waals surface area contributed by atoms with E-state index in [1.807, 2.05) is 6.07 Å². The van der Waals surface area contributed by atoms with Gasteiger partial charge in [0.2, 0.25) is 0 Å². The van der Waals surface area contributed by atoms with Crippen LogP contribution in [-0.4, -0.2) is 36.0 Å². The number of halogens is 1. The summed E-state index contributed by atoms with van der Waals surface area (Å²) in [6, 6.07) is 8.37. The van der Waals surface area contributed by atoms with Crippen LogP contribution in [0.25, 0.3) is 0 Å². The van der Waals surface area contributed by atoms with Gasteiger partial charge < -0.3 is 4.74 Å². The van der Waals surface area contributed by atoms with Crippen LogP contribution in [0.15, 0.2) is 24.3 Å². The standard InChI is InChI=1S/C14H18ClNO/c15-12-5-7-16(8-6-12)10-13-9-11-3-1-2-4-14(11)17-13/h1-4,12-13H,5-10H2. The Labute approximate surface area is 108 Å². The molecule has 1 atom stereocenters. The predicted molar refractivity (Wildman–Crippen MR) is 69.9 cm³/mol. The molecule has 0 aliphatic carbocycles. The molecule has 0 saturated carbocycles. The number of fused-ring (bicyclic) bond motifs is 1. The number of alkyl halides is 1. The number of hydrogen-bond donors (Lipinski definition) is 0. The van der Waals surface area contributed by atoms with E-state index in [1.165, 1.54) is 5.56 Å². The fourth-order valence-corrected chi connectivity index (χ4v) is 2.92. The number of ether oxygens (including phenoxy) is 1. The molecular weight excluding hydrogens is 234 g/mol. The zero-order valence-corrected chi connectivity index (χ0v) is 10.7. The molecule has 92 valence electrons. The Kier molecular flexibility index (Phi) is 3.26. The summed E-state index contributed by atoms with van der Waals surface area (Å²) >= 11 is 6.11. The van der Waals surface area contributed by atoms with Crippen molar-refractivity contribution < 1.29 is 4.74 Å². The van der Waals surface area contributed by atoms with Gasteiger partial charge in [0.05, 0.1) is 0 Å². The molecule has 1 saturated heterocycles. The van der Waals surface area contributed by atoms with E-state index in [2.05, 4.69) is 23.1 Å². The lowest BCUT2D eigenvalue weighted by Gasteiger charge is -2.30. The maximum atomic E-state index is 6.11. The summed E-state index contributed by atoms with van der Waals surface area (Å²) in [7, 11) is 0. The molecule has 1 unspecified atom stereocenters. The molecule has 0 bridgehead atoms. The minimum atomic E-state index is 0.333. The Morgan fingerprint density at radius 3 is 2.76 bits per heavy atom. The van der Waals surface area contributed by atoms with Crippen molar-refractivity contribution in [2.75, 3.05) is 19.6 Å². The molecule has 2 aliphatic heterocycles. The van der Waals surface area contributed by atoms with Gasteiger partial charge in [0.15, 0.2) is 0 Å². The Hall–Kier alpha value is -0.730. The maximum Gasteiger partial charge on any atom is 0.123 e. The van der Waals surface area contributed by atoms with E-state index in [1.54, 1.807) is 0 Å². The van der Waals surface area contributed by atoms with Gasteiger partial charge in [0, 0.05) is 18.3 Å². The van der Waals surface area contributed by atoms with Gasteiger partial charge in [-0.1, -0.05) is 18.2 Å². The molecule has 1 aromatic rings. The van der Waals surface area contributed by atoms with Crippen molar-refractivity contribution in [1.29, 1.82) is 0 Å². The number of hydrogen-bond acceptors (Lipinski definition) is 2. The SMILES string of the molecule is ClC1CCN(CC2Cc3ccccc3O2)CC1. The normalized spacial score (nSPS) is 25.6. The molecule has 3 rings (SSSR count). The molecule has 0 aromatic heterocycles. The molecule has 0 amide bonds. The van der Waals surface area contributed by atoms with Crippen LogP contribution in [0.2, 0.25) is 0 Å². The zero-order chi connectivity index (χ0) is 11.7. The van der Waals surface area contributed by atoms with E-state index >= 15 is 0 Å². The van der Waals surface area contributed by atoms with Crippen molar-refractivity contribution in [3.05, 3.63) is 29.8 Å². The van der Waals surface area contributed by atoms with Gasteiger partial charge in [0.1, 0.15) is 11.9 Å². The molecule has 0 N–H and O–H groups in total. The Morgan fingerprint density at radius 1 is 1.24 bits per heavy atom. The van der Waals surface area contributed by atoms with Crippen molar-refractivity contribution in [2.24, 2.45) is 0 Å². The predicted octanol–water partition coefficient (Wildman–Crippen LogP) is 2.69. The average Bonchev–Trinajstić information content (AvgIpc) is 2.74. The minimum Gasteiger partial charge on any atom is -0.488 e. The molecule has 1 fully saturated rings. The highest BCUT2D eigenvalue weighted by atomic mass is 35.5. The van der Waals surface area contributed by atoms with E-state index in [0.29, 0.717) is 11.5 Å². The zero-order valence-electron chi connectivity index (χ0n) is 9.94. The molecule has 2 nitrogen and oxygen atoms in total. The van der Waals surface area contributed by atoms with Gasteiger partial charge in [-0.15, -0.1) is 11.6 Å². The fourth-order valence-electron chi connectivity index (χ4n) is 2.73. The molecule has 3 heteroatoms. The van der Waals surface area contributed by atoms with Crippen LogP contribution in [0, 0.1) is 0 Å². The van der Waals surface area contributed by atoms with Crippen LogP contribution < -0.4 is 4.74 Å². The summed E-state index contributed by atoms with van der Waals surface area (Å²) < 4.78 is 5.96. The van der Waals surface area contributed by atoms with Crippen molar-refractivity contribution in [3.63, 3.8) is 0 Å². The average molecular weight is 252 g/mol. The number of piperidine rings is 1. The van der Waals surface area contributed by atoms with E-state index in [9.17, 15) is 0 Å². The van der Waals surface area contributed by atoms with E-state index in [0.717, 1.165) is 44.6 Å². The van der Waals surface area contributed by atoms with Crippen LogP contribution >= 0.6 is 11.6 Å². The third-order valence-corrected chi connectivity index (χ3v) is 4.13. The molecule has 0 spiro atoms. The smallest absolute Gasteiger partial charge is 0.123 e. The minimum absolute atomic E-state index is 0.333. The van der Waals surface area contributed by atoms with Crippen LogP contribution in [0.3, 0.4) is 0 Å². The summed E-state index contributed by atoms with van der Waals surface area (Å²) in [5.74, 6) is 1.07. The molecule has 2 heterocycles. The topological polar surface area (TPSA) is 12.5 Å². The second kappa shape index (κ2) is 4.87. The lowest BCUT2D eigenvalue weighted by atomic mass is 10.1. The summed E-state index contributed by atoms with van der Waals surface area (Å²) in [5.41, 5.74) is 1.35. The summed E-state index contributed by atoms with van der Waals surface area (Å²) in [6.07, 6.45) is 3.61. The second-order valence-corrected chi connectivity index (χ2v) is 5.64. The number of para-hydroxylation sites is 1. The van der Waals surface area contributed by atoms with Crippen LogP contribution in [0.4, 0.5) is 0 Å². The maximum absolute atomic E-state index is 6.11. The molecular formula is C14H18ClNO. The van der Waals surface area contributed by atoms with Crippen molar-refractivity contribution >= 4 is 11.6 Å². The molecule has 17 heavy (non-hydrogen) atoms. The molecule has 0 radical (unpaired) electrons. The van der Waals surface area contributed by atoms with Crippen molar-refractivity contribution in [3.8, 4) is 5.75 Å². The van der Waals surface area contributed by atoms with E-state index in [4.69, 9.17) is 16.3 Å². The largest absolute Gasteiger partial charge is 0.488 e. The van der Waals surface area contributed by atoms with E-state index in [-0.39, 0.29) is 0 Å². The van der Waals surface area contributed by atoms with Gasteiger partial charge >= 0.3 is 0 Å². The molecule has 2 aliphatic rings. The highest BCUT2D eigenvalue weighted by Crippen LogP contribution is 2.29. The number of likely N-dealkylation sites (tertiary alicyclic amines) is 1. The lowest BCUT2D eigenvalue weighted by molar-refractivity contribution is 0.135. The van der Waals surface area contributed by atoms with Gasteiger partial charge in [0.25, 0.3) is 0 Å². The van der Waals surface area contributed by atoms with Crippen LogP contribution in [0.1, 0.15) is 18.4 Å². The van der Waals surface area contributed by atoms with Gasteiger partial charge in [-0.05, 0) is 37.6 Å². The molecule has 1 aromatic carbocycles. The van der Waals surface area contributed by atoms with Crippen LogP contribution in [-0.2, 0) is 6.42 Å². The van der Waals surface area contributed by atoms with Gasteiger partial charge in [-0.25, -0.2) is 0 Å². The van der Waals surface area contributed by atoms with Crippen molar-refractivity contribution in [1.82, 2.24) is 4.90 Å². The first-order valence-electron chi connectivity index (χ1n) is 6.42. The summed E-state index contributed by atoms with van der Waals surface area (Å²) in [5, 5.41) is 0.382.